The van der Waals surface area contributed by atoms with Crippen LogP contribution in [0.3, 0.4) is 0 Å². The Balaban J connectivity index is 1.06. The first-order valence-electron chi connectivity index (χ1n) is 34.3. The van der Waals surface area contributed by atoms with E-state index in [4.69, 9.17) is 0 Å². The fourth-order valence-corrected chi connectivity index (χ4v) is 16.9. The van der Waals surface area contributed by atoms with Crippen LogP contribution < -0.4 is 31.1 Å². The Morgan fingerprint density at radius 1 is 0.355 bits per heavy atom. The molecule has 0 amide bonds. The molecule has 12 aromatic rings. The van der Waals surface area contributed by atoms with E-state index in [1.165, 1.54) is 159 Å². The molecule has 11 aromatic carbocycles. The van der Waals surface area contributed by atoms with Crippen LogP contribution in [0, 0.1) is 11.8 Å². The maximum absolute atomic E-state index is 2.85. The van der Waals surface area contributed by atoms with E-state index in [2.05, 4.69) is 338 Å². The van der Waals surface area contributed by atoms with Crippen molar-refractivity contribution in [1.82, 2.24) is 4.57 Å². The van der Waals surface area contributed by atoms with E-state index in [0.29, 0.717) is 18.0 Å². The highest BCUT2D eigenvalue weighted by Crippen LogP contribution is 2.55. The molecular weight excluding hydrogens is 1120 g/mol. The van der Waals surface area contributed by atoms with Gasteiger partial charge in [0.15, 0.2) is 0 Å². The quantitative estimate of drug-likeness (QED) is 0.141. The van der Waals surface area contributed by atoms with Gasteiger partial charge in [0.1, 0.15) is 0 Å². The van der Waals surface area contributed by atoms with Gasteiger partial charge in [0.05, 0.1) is 22.4 Å². The van der Waals surface area contributed by atoms with Crippen LogP contribution in [0.15, 0.2) is 243 Å². The van der Waals surface area contributed by atoms with Crippen LogP contribution in [-0.2, 0) is 16.2 Å². The Morgan fingerprint density at radius 3 is 1.18 bits per heavy atom. The molecule has 4 aliphatic rings. The Hall–Kier alpha value is -9.32. The SMILES string of the molecule is CC1CC2CC(C)N(c3ccc4c(c3)N(c3c(-c5ccccc5)cccc3-c3ccccc3)c3cc(C(C)(C)C)cc5c3B4c3ccc(-n4c6ccc(C(C)(C)C)cc6c6cc(C(C)(C)C)ccc64)cc3N5c3c(-c4ccccc4)cccc3-c3ccccc3)C(C1)C2. The summed E-state index contributed by atoms with van der Waals surface area (Å²) >= 11 is 0. The Labute approximate surface area is 552 Å². The lowest BCUT2D eigenvalue weighted by molar-refractivity contribution is 0.179. The normalized spacial score (nSPS) is 17.8. The minimum absolute atomic E-state index is 0.0275. The van der Waals surface area contributed by atoms with Crippen molar-refractivity contribution in [2.24, 2.45) is 11.8 Å². The number of piperidine rings is 1. The standard InChI is InChI=1S/C88H85BN4/c1-56-46-58-48-57(2)90(68(47-56)49-58)66-40-42-75-79(54-66)92(84-69(59-26-16-12-17-27-59)34-24-35-70(84)60-28-18-13-19-29-60)81-52-65(88(9,10)11)53-82-83(81)89(75)76-43-41-67(91-77-44-38-63(86(3,4)5)50-73(77)74-51-64(87(6,7)8)39-45-78(74)91)55-80(76)93(82)85-71(61-30-20-14-21-31-61)36-25-37-72(85)62-32-22-15-23-33-62/h12-45,50-58,68H,46-49H2,1-11H3. The Morgan fingerprint density at radius 2 is 0.763 bits per heavy atom. The van der Waals surface area contributed by atoms with Crippen molar-refractivity contribution < 1.29 is 0 Å². The summed E-state index contributed by atoms with van der Waals surface area (Å²) in [6, 6.07) is 94.5. The average molecular weight is 1210 g/mol. The van der Waals surface area contributed by atoms with Crippen molar-refractivity contribution >= 4 is 84.7 Å². The summed E-state index contributed by atoms with van der Waals surface area (Å²) in [6.45, 7) is 26.1. The van der Waals surface area contributed by atoms with Crippen LogP contribution in [0.4, 0.5) is 39.8 Å². The van der Waals surface area contributed by atoms with Gasteiger partial charge >= 0.3 is 0 Å². The summed E-state index contributed by atoms with van der Waals surface area (Å²) in [7, 11) is 0. The number of hydrogen-bond acceptors (Lipinski definition) is 3. The third kappa shape index (κ3) is 9.94. The molecule has 4 heterocycles. The fourth-order valence-electron chi connectivity index (χ4n) is 16.9. The summed E-state index contributed by atoms with van der Waals surface area (Å²) in [5.74, 6) is 1.48. The molecule has 0 radical (unpaired) electrons. The van der Waals surface area contributed by atoms with Crippen LogP contribution in [0.25, 0.3) is 72.0 Å². The lowest BCUT2D eigenvalue weighted by Crippen LogP contribution is -2.61. The monoisotopic (exact) mass is 1210 g/mol. The summed E-state index contributed by atoms with van der Waals surface area (Å²) in [6.07, 6.45) is 5.05. The maximum atomic E-state index is 2.85. The van der Waals surface area contributed by atoms with Crippen LogP contribution in [-0.4, -0.2) is 23.4 Å². The molecule has 0 spiro atoms. The van der Waals surface area contributed by atoms with Gasteiger partial charge in [-0.05, 0) is 177 Å². The fraction of sp³-hybridized carbons (Fsp3) is 0.250. The second-order valence-electron chi connectivity index (χ2n) is 30.8. The molecule has 16 rings (SSSR count). The lowest BCUT2D eigenvalue weighted by Gasteiger charge is -2.51. The topological polar surface area (TPSA) is 14.7 Å². The number of anilines is 7. The van der Waals surface area contributed by atoms with Crippen LogP contribution in [0.2, 0.25) is 0 Å². The van der Waals surface area contributed by atoms with E-state index in [1.54, 1.807) is 0 Å². The summed E-state index contributed by atoms with van der Waals surface area (Å²) in [4.78, 5) is 8.34. The zero-order valence-corrected chi connectivity index (χ0v) is 56.1. The third-order valence-electron chi connectivity index (χ3n) is 21.4. The highest BCUT2D eigenvalue weighted by molar-refractivity contribution is 7.00. The lowest BCUT2D eigenvalue weighted by atomic mass is 9.33. The van der Waals surface area contributed by atoms with E-state index in [9.17, 15) is 0 Å². The van der Waals surface area contributed by atoms with Gasteiger partial charge in [-0.2, -0.15) is 0 Å². The first kappa shape index (κ1) is 58.7. The molecule has 2 fully saturated rings. The number of fused-ring (bicyclic) bond motifs is 9. The van der Waals surface area contributed by atoms with Crippen LogP contribution in [0.5, 0.6) is 0 Å². The molecule has 1 saturated heterocycles. The highest BCUT2D eigenvalue weighted by Gasteiger charge is 2.47. The first-order valence-corrected chi connectivity index (χ1v) is 34.3. The predicted octanol–water partition coefficient (Wildman–Crippen LogP) is 21.8. The van der Waals surface area contributed by atoms with E-state index >= 15 is 0 Å². The Kier molecular flexibility index (Phi) is 14.0. The van der Waals surface area contributed by atoms with E-state index in [1.807, 2.05) is 0 Å². The van der Waals surface area contributed by atoms with Crippen molar-refractivity contribution in [3.05, 3.63) is 259 Å². The molecule has 4 unspecified atom stereocenters. The zero-order valence-electron chi connectivity index (χ0n) is 56.1. The molecule has 2 bridgehead atoms. The molecule has 93 heavy (non-hydrogen) atoms. The number of benzene rings is 11. The van der Waals surface area contributed by atoms with Gasteiger partial charge < -0.3 is 19.3 Å². The second kappa shape index (κ2) is 22.2. The highest BCUT2D eigenvalue weighted by atomic mass is 15.2. The van der Waals surface area contributed by atoms with Gasteiger partial charge in [-0.15, -0.1) is 0 Å². The van der Waals surface area contributed by atoms with Gasteiger partial charge in [-0.3, -0.25) is 0 Å². The van der Waals surface area contributed by atoms with Gasteiger partial charge in [0.25, 0.3) is 6.71 Å². The minimum atomic E-state index is -0.261. The average Bonchev–Trinajstić information content (AvgIpc) is 1.16. The minimum Gasteiger partial charge on any atom is -0.366 e. The van der Waals surface area contributed by atoms with E-state index in [0.717, 1.165) is 17.3 Å². The number of para-hydroxylation sites is 2. The molecule has 1 aliphatic carbocycles. The van der Waals surface area contributed by atoms with Crippen molar-refractivity contribution in [2.75, 3.05) is 14.7 Å². The number of nitrogens with zero attached hydrogens (tertiary/aromatic N) is 4. The zero-order chi connectivity index (χ0) is 63.8. The molecule has 5 heteroatoms. The van der Waals surface area contributed by atoms with Crippen molar-refractivity contribution in [1.29, 1.82) is 0 Å². The maximum Gasteiger partial charge on any atom is 0.252 e. The predicted molar refractivity (Wildman–Crippen MR) is 399 cm³/mol. The molecule has 1 aromatic heterocycles. The molecular formula is C88H85BN4. The first-order chi connectivity index (χ1) is 44.9. The summed E-state index contributed by atoms with van der Waals surface area (Å²) < 4.78 is 2.57. The van der Waals surface area contributed by atoms with Gasteiger partial charge in [-0.25, -0.2) is 0 Å². The largest absolute Gasteiger partial charge is 0.366 e. The molecule has 460 valence electrons. The summed E-state index contributed by atoms with van der Waals surface area (Å²) in [5, 5.41) is 2.57. The number of hydrogen-bond donors (Lipinski definition) is 0. The van der Waals surface area contributed by atoms with Crippen molar-refractivity contribution in [2.45, 2.75) is 130 Å². The van der Waals surface area contributed by atoms with E-state index < -0.39 is 0 Å². The van der Waals surface area contributed by atoms with Gasteiger partial charge in [0, 0.05) is 79.2 Å². The van der Waals surface area contributed by atoms with Crippen LogP contribution in [0.1, 0.15) is 119 Å². The van der Waals surface area contributed by atoms with Crippen molar-refractivity contribution in [3.8, 4) is 50.2 Å². The number of rotatable bonds is 8. The third-order valence-corrected chi connectivity index (χ3v) is 21.4. The van der Waals surface area contributed by atoms with Crippen LogP contribution >= 0.6 is 0 Å². The van der Waals surface area contributed by atoms with Gasteiger partial charge in [-0.1, -0.05) is 251 Å². The Bertz CT molecular complexity index is 4680. The molecule has 4 atom stereocenters. The summed E-state index contributed by atoms with van der Waals surface area (Å²) in [5.41, 5.74) is 29.1. The molecule has 4 nitrogen and oxygen atoms in total. The van der Waals surface area contributed by atoms with Crippen molar-refractivity contribution in [3.63, 3.8) is 0 Å². The smallest absolute Gasteiger partial charge is 0.252 e. The second-order valence-corrected chi connectivity index (χ2v) is 30.8. The van der Waals surface area contributed by atoms with E-state index in [-0.39, 0.29) is 23.0 Å². The molecule has 1 saturated carbocycles. The molecule has 3 aliphatic heterocycles. The number of aromatic nitrogens is 1. The van der Waals surface area contributed by atoms with Gasteiger partial charge in [0.2, 0.25) is 0 Å². The molecule has 0 N–H and O–H groups in total.